The monoisotopic (exact) mass is 350 g/mol. The van der Waals surface area contributed by atoms with E-state index in [-0.39, 0.29) is 5.91 Å². The molecule has 1 atom stereocenters. The zero-order chi connectivity index (χ0) is 18.1. The van der Waals surface area contributed by atoms with Gasteiger partial charge in [0.05, 0.1) is 24.0 Å². The van der Waals surface area contributed by atoms with Gasteiger partial charge >= 0.3 is 0 Å². The molecule has 0 saturated heterocycles. The van der Waals surface area contributed by atoms with E-state index in [0.29, 0.717) is 30.8 Å². The van der Waals surface area contributed by atoms with Gasteiger partial charge in [-0.1, -0.05) is 19.1 Å². The molecule has 0 fully saturated rings. The highest BCUT2D eigenvalue weighted by molar-refractivity contribution is 6.06. The topological polar surface area (TPSA) is 71.2 Å². The third kappa shape index (κ3) is 2.97. The second kappa shape index (κ2) is 6.88. The van der Waals surface area contributed by atoms with Crippen LogP contribution in [0.3, 0.4) is 0 Å². The molecule has 3 heterocycles. The Balaban J connectivity index is 1.65. The highest BCUT2D eigenvalue weighted by Gasteiger charge is 2.24. The Kier molecular flexibility index (Phi) is 4.42. The molecule has 6 nitrogen and oxygen atoms in total. The molecular weight excluding hydrogens is 328 g/mol. The molecule has 1 aliphatic rings. The zero-order valence-electron chi connectivity index (χ0n) is 14.8. The lowest BCUT2D eigenvalue weighted by atomic mass is 10.1. The van der Waals surface area contributed by atoms with Gasteiger partial charge in [-0.15, -0.1) is 0 Å². The fourth-order valence-corrected chi connectivity index (χ4v) is 3.51. The van der Waals surface area contributed by atoms with Crippen molar-refractivity contribution in [1.82, 2.24) is 19.7 Å². The van der Waals surface area contributed by atoms with Crippen molar-refractivity contribution in [3.63, 3.8) is 0 Å². The number of aromatic nitrogens is 3. The molecule has 0 radical (unpaired) electrons. The van der Waals surface area contributed by atoms with Crippen LogP contribution in [0.4, 0.5) is 0 Å². The van der Waals surface area contributed by atoms with Crippen LogP contribution >= 0.6 is 0 Å². The number of benzene rings is 1. The molecule has 0 saturated carbocycles. The number of fused-ring (bicyclic) bond motifs is 2. The third-order valence-electron chi connectivity index (χ3n) is 4.96. The highest BCUT2D eigenvalue weighted by Crippen LogP contribution is 2.23. The van der Waals surface area contributed by atoms with Crippen molar-refractivity contribution >= 4 is 16.7 Å². The molecule has 6 heteroatoms. The summed E-state index contributed by atoms with van der Waals surface area (Å²) >= 11 is 0. The Bertz CT molecular complexity index is 945. The molecule has 1 aromatic carbocycles. The smallest absolute Gasteiger partial charge is 0.254 e. The van der Waals surface area contributed by atoms with Crippen molar-refractivity contribution in [2.75, 3.05) is 6.54 Å². The predicted molar refractivity (Wildman–Crippen MR) is 98.6 cm³/mol. The lowest BCUT2D eigenvalue weighted by Gasteiger charge is -2.21. The SMILES string of the molecule is CC[C@H](O)c1cc2n(n1)CCCN(C(=O)c1cccc3cnccc13)C2. The van der Waals surface area contributed by atoms with Gasteiger partial charge in [-0.3, -0.25) is 14.5 Å². The quantitative estimate of drug-likeness (QED) is 0.788. The molecule has 4 rings (SSSR count). The highest BCUT2D eigenvalue weighted by atomic mass is 16.3. The summed E-state index contributed by atoms with van der Waals surface area (Å²) in [5.41, 5.74) is 2.36. The van der Waals surface area contributed by atoms with Gasteiger partial charge in [0, 0.05) is 36.4 Å². The second-order valence-corrected chi connectivity index (χ2v) is 6.69. The Labute approximate surface area is 152 Å². The maximum atomic E-state index is 13.2. The minimum Gasteiger partial charge on any atom is -0.387 e. The van der Waals surface area contributed by atoms with Gasteiger partial charge in [-0.25, -0.2) is 0 Å². The molecule has 1 aliphatic heterocycles. The fraction of sp³-hybridized carbons (Fsp3) is 0.350. The van der Waals surface area contributed by atoms with E-state index in [9.17, 15) is 9.90 Å². The molecule has 26 heavy (non-hydrogen) atoms. The number of hydrogen-bond donors (Lipinski definition) is 1. The van der Waals surface area contributed by atoms with E-state index >= 15 is 0 Å². The summed E-state index contributed by atoms with van der Waals surface area (Å²) in [6.45, 7) is 3.88. The summed E-state index contributed by atoms with van der Waals surface area (Å²) in [5, 5.41) is 16.5. The first-order chi connectivity index (χ1) is 12.7. The zero-order valence-corrected chi connectivity index (χ0v) is 14.8. The van der Waals surface area contributed by atoms with Crippen LogP contribution in [0.2, 0.25) is 0 Å². The van der Waals surface area contributed by atoms with Crippen LogP contribution in [-0.2, 0) is 13.1 Å². The normalized spacial score (nSPS) is 15.5. The van der Waals surface area contributed by atoms with Crippen molar-refractivity contribution in [2.45, 2.75) is 39.0 Å². The lowest BCUT2D eigenvalue weighted by Crippen LogP contribution is -2.30. The first kappa shape index (κ1) is 16.7. The van der Waals surface area contributed by atoms with Gasteiger partial charge in [0.2, 0.25) is 0 Å². The van der Waals surface area contributed by atoms with Crippen LogP contribution in [0, 0.1) is 0 Å². The van der Waals surface area contributed by atoms with E-state index in [4.69, 9.17) is 0 Å². The van der Waals surface area contributed by atoms with E-state index < -0.39 is 6.10 Å². The summed E-state index contributed by atoms with van der Waals surface area (Å²) in [6, 6.07) is 9.55. The number of hydrogen-bond acceptors (Lipinski definition) is 4. The van der Waals surface area contributed by atoms with Gasteiger partial charge in [0.15, 0.2) is 0 Å². The summed E-state index contributed by atoms with van der Waals surface area (Å²) < 4.78 is 1.93. The van der Waals surface area contributed by atoms with Crippen LogP contribution in [0.5, 0.6) is 0 Å². The van der Waals surface area contributed by atoms with Crippen LogP contribution in [0.15, 0.2) is 42.7 Å². The van der Waals surface area contributed by atoms with E-state index in [1.807, 2.05) is 46.8 Å². The summed E-state index contributed by atoms with van der Waals surface area (Å²) in [7, 11) is 0. The Morgan fingerprint density at radius 1 is 1.31 bits per heavy atom. The number of nitrogens with zero attached hydrogens (tertiary/aromatic N) is 4. The number of pyridine rings is 1. The molecule has 1 N–H and O–H groups in total. The molecule has 2 aromatic heterocycles. The molecule has 0 unspecified atom stereocenters. The van der Waals surface area contributed by atoms with Crippen LogP contribution in [0.1, 0.15) is 47.6 Å². The molecule has 0 aliphatic carbocycles. The first-order valence-electron chi connectivity index (χ1n) is 9.04. The number of aryl methyl sites for hydroxylation is 1. The third-order valence-corrected chi connectivity index (χ3v) is 4.96. The maximum Gasteiger partial charge on any atom is 0.254 e. The number of amides is 1. The molecule has 0 bridgehead atoms. The molecule has 3 aromatic rings. The molecule has 134 valence electrons. The Morgan fingerprint density at radius 2 is 2.19 bits per heavy atom. The van der Waals surface area contributed by atoms with Crippen molar-refractivity contribution < 1.29 is 9.90 Å². The van der Waals surface area contributed by atoms with E-state index in [1.54, 1.807) is 12.4 Å². The summed E-state index contributed by atoms with van der Waals surface area (Å²) in [6.07, 6.45) is 4.42. The summed E-state index contributed by atoms with van der Waals surface area (Å²) in [4.78, 5) is 19.2. The van der Waals surface area contributed by atoms with E-state index in [1.165, 1.54) is 0 Å². The van der Waals surface area contributed by atoms with Crippen LogP contribution in [-0.4, -0.2) is 37.2 Å². The fourth-order valence-electron chi connectivity index (χ4n) is 3.51. The predicted octanol–water partition coefficient (Wildman–Crippen LogP) is 2.92. The minimum absolute atomic E-state index is 0.0223. The molecule has 0 spiro atoms. The van der Waals surface area contributed by atoms with Gasteiger partial charge in [-0.05, 0) is 36.4 Å². The van der Waals surface area contributed by atoms with E-state index in [0.717, 1.165) is 29.4 Å². The number of carbonyl (C=O) groups is 1. The van der Waals surface area contributed by atoms with Crippen molar-refractivity contribution in [2.24, 2.45) is 0 Å². The van der Waals surface area contributed by atoms with Crippen molar-refractivity contribution in [3.8, 4) is 0 Å². The van der Waals surface area contributed by atoms with Crippen LogP contribution in [0.25, 0.3) is 10.8 Å². The van der Waals surface area contributed by atoms with Gasteiger partial charge in [-0.2, -0.15) is 5.10 Å². The Morgan fingerprint density at radius 3 is 3.04 bits per heavy atom. The van der Waals surface area contributed by atoms with Crippen molar-refractivity contribution in [1.29, 1.82) is 0 Å². The number of rotatable bonds is 3. The molecule has 1 amide bonds. The number of aliphatic hydroxyl groups excluding tert-OH is 1. The molecular formula is C20H22N4O2. The van der Waals surface area contributed by atoms with Gasteiger partial charge in [0.25, 0.3) is 5.91 Å². The average Bonchev–Trinajstić information content (AvgIpc) is 2.98. The van der Waals surface area contributed by atoms with Crippen molar-refractivity contribution in [3.05, 3.63) is 59.7 Å². The first-order valence-corrected chi connectivity index (χ1v) is 9.04. The minimum atomic E-state index is -0.552. The van der Waals surface area contributed by atoms with Crippen LogP contribution < -0.4 is 0 Å². The maximum absolute atomic E-state index is 13.2. The summed E-state index contributed by atoms with van der Waals surface area (Å²) in [5.74, 6) is 0.0223. The number of carbonyl (C=O) groups excluding carboxylic acids is 1. The Hall–Kier alpha value is -2.73. The number of aliphatic hydroxyl groups is 1. The lowest BCUT2D eigenvalue weighted by molar-refractivity contribution is 0.0747. The van der Waals surface area contributed by atoms with Gasteiger partial charge in [0.1, 0.15) is 0 Å². The second-order valence-electron chi connectivity index (χ2n) is 6.69. The average molecular weight is 350 g/mol. The standard InChI is InChI=1S/C20H22N4O2/c1-2-19(25)18-11-15-13-23(9-4-10-24(15)22-18)20(26)17-6-3-5-14-12-21-8-7-16(14)17/h3,5-8,11-12,19,25H,2,4,9-10,13H2,1H3/t19-/m0/s1. The van der Waals surface area contributed by atoms with Gasteiger partial charge < -0.3 is 10.0 Å². The van der Waals surface area contributed by atoms with E-state index in [2.05, 4.69) is 10.1 Å². The largest absolute Gasteiger partial charge is 0.387 e.